The number of pyridine rings is 1. The zero-order chi connectivity index (χ0) is 13.1. The molecule has 0 saturated carbocycles. The molecule has 0 radical (unpaired) electrons. The second-order valence-corrected chi connectivity index (χ2v) is 3.99. The molecule has 0 N–H and O–H groups in total. The lowest BCUT2D eigenvalue weighted by Crippen LogP contribution is -2.25. The molecule has 0 spiro atoms. The molecule has 92 valence electrons. The van der Waals surface area contributed by atoms with Crippen molar-refractivity contribution < 1.29 is 9.18 Å². The molecule has 0 aliphatic rings. The first-order valence-electron chi connectivity index (χ1n) is 5.54. The number of rotatable bonds is 3. The highest BCUT2D eigenvalue weighted by molar-refractivity contribution is 5.96. The summed E-state index contributed by atoms with van der Waals surface area (Å²) in [7, 11) is 0. The van der Waals surface area contributed by atoms with Crippen LogP contribution in [0.1, 0.15) is 16.1 Å². The lowest BCUT2D eigenvalue weighted by atomic mass is 10.1. The van der Waals surface area contributed by atoms with E-state index < -0.39 is 11.6 Å². The predicted molar refractivity (Wildman–Crippen MR) is 66.2 cm³/mol. The summed E-state index contributed by atoms with van der Waals surface area (Å²) in [6.45, 7) is 1.59. The fourth-order valence-corrected chi connectivity index (χ4v) is 1.74. The minimum Gasteiger partial charge on any atom is -0.305 e. The number of halogens is 1. The molecule has 1 aromatic heterocycles. The van der Waals surface area contributed by atoms with Gasteiger partial charge in [0.25, 0.3) is 5.56 Å². The summed E-state index contributed by atoms with van der Waals surface area (Å²) in [6, 6.07) is 10.5. The molecule has 0 aliphatic heterocycles. The van der Waals surface area contributed by atoms with E-state index in [1.165, 1.54) is 28.8 Å². The fraction of sp³-hybridized carbons (Fsp3) is 0.143. The second kappa shape index (κ2) is 4.96. The Morgan fingerprint density at radius 1 is 1.17 bits per heavy atom. The SMILES string of the molecule is Cc1cccc(=O)n1CC(=O)c1ccccc1F. The number of ketones is 1. The molecule has 0 fully saturated rings. The Balaban J connectivity index is 2.33. The van der Waals surface area contributed by atoms with Crippen molar-refractivity contribution in [1.29, 1.82) is 0 Å². The highest BCUT2D eigenvalue weighted by Crippen LogP contribution is 2.08. The van der Waals surface area contributed by atoms with Gasteiger partial charge in [0, 0.05) is 11.8 Å². The van der Waals surface area contributed by atoms with Gasteiger partial charge < -0.3 is 4.57 Å². The summed E-state index contributed by atoms with van der Waals surface area (Å²) < 4.78 is 14.8. The third kappa shape index (κ3) is 2.37. The molecule has 2 aromatic rings. The van der Waals surface area contributed by atoms with E-state index in [-0.39, 0.29) is 17.7 Å². The number of Topliss-reactive ketones (excluding diaryl/α,β-unsaturated/α-hetero) is 1. The van der Waals surface area contributed by atoms with Crippen LogP contribution in [0.15, 0.2) is 47.3 Å². The Morgan fingerprint density at radius 3 is 2.56 bits per heavy atom. The van der Waals surface area contributed by atoms with E-state index in [2.05, 4.69) is 0 Å². The van der Waals surface area contributed by atoms with Crippen molar-refractivity contribution in [1.82, 2.24) is 4.57 Å². The van der Waals surface area contributed by atoms with Crippen LogP contribution < -0.4 is 5.56 Å². The topological polar surface area (TPSA) is 39.1 Å². The number of benzene rings is 1. The van der Waals surface area contributed by atoms with Crippen molar-refractivity contribution in [3.63, 3.8) is 0 Å². The maximum Gasteiger partial charge on any atom is 0.251 e. The third-order valence-corrected chi connectivity index (χ3v) is 2.74. The first kappa shape index (κ1) is 12.2. The monoisotopic (exact) mass is 245 g/mol. The van der Waals surface area contributed by atoms with Crippen LogP contribution >= 0.6 is 0 Å². The van der Waals surface area contributed by atoms with Crippen molar-refractivity contribution in [2.24, 2.45) is 0 Å². The molecule has 0 amide bonds. The highest BCUT2D eigenvalue weighted by atomic mass is 19.1. The number of hydrogen-bond acceptors (Lipinski definition) is 2. The molecule has 1 heterocycles. The van der Waals surface area contributed by atoms with Crippen LogP contribution in [0, 0.1) is 12.7 Å². The van der Waals surface area contributed by atoms with Gasteiger partial charge in [-0.2, -0.15) is 0 Å². The molecule has 1 aromatic carbocycles. The maximum absolute atomic E-state index is 13.4. The summed E-state index contributed by atoms with van der Waals surface area (Å²) in [5.41, 5.74) is 0.416. The van der Waals surface area contributed by atoms with E-state index in [0.29, 0.717) is 5.69 Å². The van der Waals surface area contributed by atoms with Gasteiger partial charge in [0.05, 0.1) is 12.1 Å². The van der Waals surface area contributed by atoms with Crippen molar-refractivity contribution in [2.75, 3.05) is 0 Å². The maximum atomic E-state index is 13.4. The molecular formula is C14H12FNO2. The van der Waals surface area contributed by atoms with Crippen molar-refractivity contribution in [3.05, 3.63) is 69.9 Å². The van der Waals surface area contributed by atoms with Gasteiger partial charge in [-0.15, -0.1) is 0 Å². The lowest BCUT2D eigenvalue weighted by Gasteiger charge is -2.08. The summed E-state index contributed by atoms with van der Waals surface area (Å²) in [5.74, 6) is -0.978. The van der Waals surface area contributed by atoms with E-state index in [4.69, 9.17) is 0 Å². The molecule has 2 rings (SSSR count). The van der Waals surface area contributed by atoms with E-state index >= 15 is 0 Å². The Bertz CT molecular complexity index is 646. The largest absolute Gasteiger partial charge is 0.305 e. The average molecular weight is 245 g/mol. The van der Waals surface area contributed by atoms with E-state index in [1.807, 2.05) is 0 Å². The smallest absolute Gasteiger partial charge is 0.251 e. The van der Waals surface area contributed by atoms with Crippen LogP contribution in [0.3, 0.4) is 0 Å². The van der Waals surface area contributed by atoms with Gasteiger partial charge in [-0.3, -0.25) is 9.59 Å². The molecule has 0 aliphatic carbocycles. The van der Waals surface area contributed by atoms with Crippen LogP contribution in [0.4, 0.5) is 4.39 Å². The Morgan fingerprint density at radius 2 is 1.89 bits per heavy atom. The lowest BCUT2D eigenvalue weighted by molar-refractivity contribution is 0.0966. The van der Waals surface area contributed by atoms with Gasteiger partial charge in [0.2, 0.25) is 0 Å². The van der Waals surface area contributed by atoms with E-state index in [0.717, 1.165) is 0 Å². The minimum atomic E-state index is -0.566. The summed E-state index contributed by atoms with van der Waals surface area (Å²) >= 11 is 0. The van der Waals surface area contributed by atoms with Gasteiger partial charge in [0.15, 0.2) is 5.78 Å². The van der Waals surface area contributed by atoms with Gasteiger partial charge in [-0.25, -0.2) is 4.39 Å². The van der Waals surface area contributed by atoms with Gasteiger partial charge in [-0.1, -0.05) is 18.2 Å². The second-order valence-electron chi connectivity index (χ2n) is 3.99. The summed E-state index contributed by atoms with van der Waals surface area (Å²) in [4.78, 5) is 23.5. The van der Waals surface area contributed by atoms with Crippen molar-refractivity contribution in [3.8, 4) is 0 Å². The Hall–Kier alpha value is -2.23. The number of carbonyl (C=O) groups is 1. The number of carbonyl (C=O) groups excluding carboxylic acids is 1. The van der Waals surface area contributed by atoms with Crippen LogP contribution in [-0.4, -0.2) is 10.4 Å². The van der Waals surface area contributed by atoms with Gasteiger partial charge >= 0.3 is 0 Å². The van der Waals surface area contributed by atoms with Crippen LogP contribution in [0.2, 0.25) is 0 Å². The molecule has 18 heavy (non-hydrogen) atoms. The molecular weight excluding hydrogens is 233 g/mol. The molecule has 0 unspecified atom stereocenters. The zero-order valence-electron chi connectivity index (χ0n) is 9.89. The van der Waals surface area contributed by atoms with Crippen molar-refractivity contribution in [2.45, 2.75) is 13.5 Å². The number of nitrogens with zero attached hydrogens (tertiary/aromatic N) is 1. The molecule has 0 bridgehead atoms. The first-order valence-corrected chi connectivity index (χ1v) is 5.54. The molecule has 0 atom stereocenters. The quantitative estimate of drug-likeness (QED) is 0.777. The first-order chi connectivity index (χ1) is 8.59. The van der Waals surface area contributed by atoms with Crippen LogP contribution in [0.5, 0.6) is 0 Å². The number of aryl methyl sites for hydroxylation is 1. The van der Waals surface area contributed by atoms with Gasteiger partial charge in [0.1, 0.15) is 5.82 Å². The predicted octanol–water partition coefficient (Wildman–Crippen LogP) is 2.18. The zero-order valence-corrected chi connectivity index (χ0v) is 9.89. The summed E-state index contributed by atoms with van der Waals surface area (Å²) in [5, 5.41) is 0. The van der Waals surface area contributed by atoms with E-state index in [1.54, 1.807) is 25.1 Å². The van der Waals surface area contributed by atoms with Crippen LogP contribution in [0.25, 0.3) is 0 Å². The molecule has 3 nitrogen and oxygen atoms in total. The normalized spacial score (nSPS) is 10.3. The highest BCUT2D eigenvalue weighted by Gasteiger charge is 2.12. The number of hydrogen-bond donors (Lipinski definition) is 0. The standard InChI is InChI=1S/C14H12FNO2/c1-10-5-4-8-14(18)16(10)9-13(17)11-6-2-3-7-12(11)15/h2-8H,9H2,1H3. The Labute approximate surface area is 104 Å². The van der Waals surface area contributed by atoms with Gasteiger partial charge in [-0.05, 0) is 25.1 Å². The summed E-state index contributed by atoms with van der Waals surface area (Å²) in [6.07, 6.45) is 0. The van der Waals surface area contributed by atoms with Crippen molar-refractivity contribution >= 4 is 5.78 Å². The average Bonchev–Trinajstić information content (AvgIpc) is 2.34. The molecule has 0 saturated heterocycles. The van der Waals surface area contributed by atoms with E-state index in [9.17, 15) is 14.0 Å². The van der Waals surface area contributed by atoms with Crippen LogP contribution in [-0.2, 0) is 6.54 Å². The third-order valence-electron chi connectivity index (χ3n) is 2.74. The molecule has 4 heteroatoms. The Kier molecular flexibility index (Phi) is 3.37. The minimum absolute atomic E-state index is 0.00709. The fourth-order valence-electron chi connectivity index (χ4n) is 1.74. The number of aromatic nitrogens is 1.